The van der Waals surface area contributed by atoms with Crippen molar-refractivity contribution in [2.24, 2.45) is 0 Å². The van der Waals surface area contributed by atoms with Gasteiger partial charge in [-0.25, -0.2) is 0 Å². The summed E-state index contributed by atoms with van der Waals surface area (Å²) in [5.74, 6) is 1.10. The fourth-order valence-corrected chi connectivity index (χ4v) is 2.81. The third-order valence-electron chi connectivity index (χ3n) is 4.16. The maximum absolute atomic E-state index is 12.5. The summed E-state index contributed by atoms with van der Waals surface area (Å²) in [6.07, 6.45) is 0.902. The van der Waals surface area contributed by atoms with Crippen LogP contribution in [0.2, 0.25) is 0 Å². The molecule has 1 fully saturated rings. The number of carbonyl (C=O) groups is 1. The standard InChI is InChI=1S/C16H21NO3/c1-16(2)11-19-8-6-17(16)10-14(18)12-3-4-15-13(9-12)5-7-20-15/h3-4,9H,5-8,10-11H2,1-2H3. The van der Waals surface area contributed by atoms with Crippen LogP contribution in [-0.4, -0.2) is 49.1 Å². The van der Waals surface area contributed by atoms with Gasteiger partial charge in [0.1, 0.15) is 5.75 Å². The molecule has 1 saturated heterocycles. The fourth-order valence-electron chi connectivity index (χ4n) is 2.81. The van der Waals surface area contributed by atoms with E-state index in [2.05, 4.69) is 18.7 Å². The number of rotatable bonds is 3. The first kappa shape index (κ1) is 13.6. The molecule has 1 aromatic carbocycles. The molecule has 0 unspecified atom stereocenters. The molecule has 4 nitrogen and oxygen atoms in total. The van der Waals surface area contributed by atoms with Crippen LogP contribution in [0.3, 0.4) is 0 Å². The van der Waals surface area contributed by atoms with Crippen LogP contribution >= 0.6 is 0 Å². The number of Topliss-reactive ketones (excluding diaryl/α,β-unsaturated/α-hetero) is 1. The first-order valence-corrected chi connectivity index (χ1v) is 7.18. The number of fused-ring (bicyclic) bond motifs is 1. The Hall–Kier alpha value is -1.39. The Labute approximate surface area is 119 Å². The zero-order valence-electron chi connectivity index (χ0n) is 12.1. The summed E-state index contributed by atoms with van der Waals surface area (Å²) in [5, 5.41) is 0. The van der Waals surface area contributed by atoms with Gasteiger partial charge in [0.25, 0.3) is 0 Å². The number of morpholine rings is 1. The van der Waals surface area contributed by atoms with E-state index < -0.39 is 0 Å². The molecule has 3 rings (SSSR count). The molecule has 20 heavy (non-hydrogen) atoms. The first-order chi connectivity index (χ1) is 9.56. The normalized spacial score (nSPS) is 21.3. The van der Waals surface area contributed by atoms with Crippen molar-refractivity contribution in [1.29, 1.82) is 0 Å². The number of carbonyl (C=O) groups excluding carboxylic acids is 1. The van der Waals surface area contributed by atoms with Gasteiger partial charge in [-0.05, 0) is 37.6 Å². The summed E-state index contributed by atoms with van der Waals surface area (Å²) in [6.45, 7) is 7.62. The van der Waals surface area contributed by atoms with Gasteiger partial charge < -0.3 is 9.47 Å². The van der Waals surface area contributed by atoms with Crippen LogP contribution in [0.5, 0.6) is 5.75 Å². The number of benzene rings is 1. The zero-order chi connectivity index (χ0) is 14.2. The van der Waals surface area contributed by atoms with E-state index >= 15 is 0 Å². The predicted molar refractivity (Wildman–Crippen MR) is 76.4 cm³/mol. The Morgan fingerprint density at radius 3 is 3.00 bits per heavy atom. The van der Waals surface area contributed by atoms with E-state index in [-0.39, 0.29) is 11.3 Å². The van der Waals surface area contributed by atoms with Crippen LogP contribution in [0.25, 0.3) is 0 Å². The van der Waals surface area contributed by atoms with E-state index in [0.29, 0.717) is 19.8 Å². The minimum Gasteiger partial charge on any atom is -0.493 e. The lowest BCUT2D eigenvalue weighted by Crippen LogP contribution is -2.54. The van der Waals surface area contributed by atoms with Crippen molar-refractivity contribution in [2.75, 3.05) is 32.9 Å². The van der Waals surface area contributed by atoms with Crippen molar-refractivity contribution in [2.45, 2.75) is 25.8 Å². The lowest BCUT2D eigenvalue weighted by atomic mass is 10.00. The average molecular weight is 275 g/mol. The van der Waals surface area contributed by atoms with Gasteiger partial charge in [-0.15, -0.1) is 0 Å². The van der Waals surface area contributed by atoms with Crippen molar-refractivity contribution in [1.82, 2.24) is 4.90 Å². The summed E-state index contributed by atoms with van der Waals surface area (Å²) in [5.41, 5.74) is 1.86. The Morgan fingerprint density at radius 1 is 1.35 bits per heavy atom. The lowest BCUT2D eigenvalue weighted by molar-refractivity contribution is -0.0467. The smallest absolute Gasteiger partial charge is 0.176 e. The molecule has 4 heteroatoms. The lowest BCUT2D eigenvalue weighted by Gasteiger charge is -2.41. The average Bonchev–Trinajstić information content (AvgIpc) is 2.88. The molecule has 0 amide bonds. The highest BCUT2D eigenvalue weighted by atomic mass is 16.5. The zero-order valence-corrected chi connectivity index (χ0v) is 12.1. The van der Waals surface area contributed by atoms with Gasteiger partial charge in [-0.2, -0.15) is 0 Å². The van der Waals surface area contributed by atoms with Gasteiger partial charge in [0.05, 0.1) is 26.4 Å². The van der Waals surface area contributed by atoms with E-state index in [0.717, 1.165) is 36.4 Å². The summed E-state index contributed by atoms with van der Waals surface area (Å²) in [4.78, 5) is 14.7. The second kappa shape index (κ2) is 5.19. The molecule has 1 aromatic rings. The molecular weight excluding hydrogens is 254 g/mol. The van der Waals surface area contributed by atoms with Crippen LogP contribution in [-0.2, 0) is 11.2 Å². The van der Waals surface area contributed by atoms with Crippen molar-refractivity contribution in [3.63, 3.8) is 0 Å². The molecular formula is C16H21NO3. The van der Waals surface area contributed by atoms with Crippen molar-refractivity contribution >= 4 is 5.78 Å². The van der Waals surface area contributed by atoms with E-state index in [4.69, 9.17) is 9.47 Å². The number of hydrogen-bond donors (Lipinski definition) is 0. The van der Waals surface area contributed by atoms with Crippen LogP contribution in [0, 0.1) is 0 Å². The molecule has 2 aliphatic heterocycles. The van der Waals surface area contributed by atoms with Crippen molar-refractivity contribution in [3.05, 3.63) is 29.3 Å². The molecule has 2 aliphatic rings. The third kappa shape index (κ3) is 2.58. The van der Waals surface area contributed by atoms with Crippen LogP contribution in [0.15, 0.2) is 18.2 Å². The molecule has 0 saturated carbocycles. The maximum Gasteiger partial charge on any atom is 0.176 e. The molecule has 0 atom stereocenters. The highest BCUT2D eigenvalue weighted by Crippen LogP contribution is 2.26. The van der Waals surface area contributed by atoms with Crippen molar-refractivity contribution in [3.8, 4) is 5.75 Å². The maximum atomic E-state index is 12.5. The summed E-state index contributed by atoms with van der Waals surface area (Å²) < 4.78 is 11.0. The second-order valence-corrected chi connectivity index (χ2v) is 6.13. The largest absolute Gasteiger partial charge is 0.493 e. The molecule has 108 valence electrons. The quantitative estimate of drug-likeness (QED) is 0.790. The molecule has 2 heterocycles. The number of ketones is 1. The van der Waals surface area contributed by atoms with Gasteiger partial charge in [0.2, 0.25) is 0 Å². The number of nitrogens with zero attached hydrogens (tertiary/aromatic N) is 1. The van der Waals surface area contributed by atoms with Crippen molar-refractivity contribution < 1.29 is 14.3 Å². The monoisotopic (exact) mass is 275 g/mol. The van der Waals surface area contributed by atoms with Gasteiger partial charge in [-0.3, -0.25) is 9.69 Å². The summed E-state index contributed by atoms with van der Waals surface area (Å²) >= 11 is 0. The molecule has 0 spiro atoms. The Morgan fingerprint density at radius 2 is 2.20 bits per heavy atom. The Kier molecular flexibility index (Phi) is 3.52. The number of ether oxygens (including phenoxy) is 2. The second-order valence-electron chi connectivity index (χ2n) is 6.13. The minimum atomic E-state index is -0.0756. The van der Waals surface area contributed by atoms with E-state index in [1.807, 2.05) is 18.2 Å². The van der Waals surface area contributed by atoms with Gasteiger partial charge >= 0.3 is 0 Å². The topological polar surface area (TPSA) is 38.8 Å². The fraction of sp³-hybridized carbons (Fsp3) is 0.562. The SMILES string of the molecule is CC1(C)COCCN1CC(=O)c1ccc2c(c1)CCO2. The van der Waals surface area contributed by atoms with Crippen LogP contribution in [0.1, 0.15) is 29.8 Å². The van der Waals surface area contributed by atoms with E-state index in [1.165, 1.54) is 0 Å². The summed E-state index contributed by atoms with van der Waals surface area (Å²) in [7, 11) is 0. The Balaban J connectivity index is 1.73. The van der Waals surface area contributed by atoms with Crippen LogP contribution < -0.4 is 4.74 Å². The Bertz CT molecular complexity index is 524. The molecule has 0 aliphatic carbocycles. The first-order valence-electron chi connectivity index (χ1n) is 7.18. The predicted octanol–water partition coefficient (Wildman–Crippen LogP) is 1.92. The molecule has 0 aromatic heterocycles. The van der Waals surface area contributed by atoms with Gasteiger partial charge in [0, 0.05) is 24.1 Å². The van der Waals surface area contributed by atoms with E-state index in [1.54, 1.807) is 0 Å². The van der Waals surface area contributed by atoms with Gasteiger partial charge in [0.15, 0.2) is 5.78 Å². The molecule has 0 radical (unpaired) electrons. The molecule has 0 N–H and O–H groups in total. The number of hydrogen-bond acceptors (Lipinski definition) is 4. The minimum absolute atomic E-state index is 0.0756. The van der Waals surface area contributed by atoms with E-state index in [9.17, 15) is 4.79 Å². The third-order valence-corrected chi connectivity index (χ3v) is 4.16. The highest BCUT2D eigenvalue weighted by molar-refractivity contribution is 5.98. The van der Waals surface area contributed by atoms with Crippen LogP contribution in [0.4, 0.5) is 0 Å². The van der Waals surface area contributed by atoms with Gasteiger partial charge in [-0.1, -0.05) is 0 Å². The highest BCUT2D eigenvalue weighted by Gasteiger charge is 2.32. The summed E-state index contributed by atoms with van der Waals surface area (Å²) in [6, 6.07) is 5.78. The molecule has 0 bridgehead atoms.